The van der Waals surface area contributed by atoms with E-state index in [-0.39, 0.29) is 0 Å². The Morgan fingerprint density at radius 1 is 0.630 bits per heavy atom. The van der Waals surface area contributed by atoms with Crippen molar-refractivity contribution in [3.8, 4) is 11.1 Å². The van der Waals surface area contributed by atoms with E-state index >= 15 is 0 Å². The lowest BCUT2D eigenvalue weighted by molar-refractivity contribution is 0.669. The van der Waals surface area contributed by atoms with Gasteiger partial charge in [-0.2, -0.15) is 0 Å². The zero-order chi connectivity index (χ0) is 35.5. The van der Waals surface area contributed by atoms with E-state index in [4.69, 9.17) is 4.42 Å². The summed E-state index contributed by atoms with van der Waals surface area (Å²) in [6.07, 6.45) is 6.92. The standard InChI is InChI=1S/C50H33NOS2/c1-30-13-2-9-21-42(30)51(43-22-12-18-36-34-16-5-10-23-44(34)52-47(36)43)31-25-27-40-46(29-31)54-49-41(28-26-37-35-17-6-11-24-45(35)53-48(37)49)50(40)38-19-7-3-14-32(38)33-15-4-8-20-39(33)50/h2-10,12-23,25-29H,11,24H2,1H3. The molecule has 9 aromatic rings. The number of nitrogens with zero attached hydrogens (tertiary/aromatic N) is 1. The molecule has 12 rings (SSSR count). The minimum Gasteiger partial charge on any atom is -0.454 e. The first-order valence-electron chi connectivity index (χ1n) is 18.7. The second-order valence-corrected chi connectivity index (χ2v) is 16.9. The number of furan rings is 1. The maximum Gasteiger partial charge on any atom is 0.159 e. The molecule has 1 aliphatic heterocycles. The van der Waals surface area contributed by atoms with Crippen LogP contribution in [0.5, 0.6) is 0 Å². The van der Waals surface area contributed by atoms with E-state index in [9.17, 15) is 0 Å². The zero-order valence-electron chi connectivity index (χ0n) is 29.6. The Balaban J connectivity index is 1.16. The van der Waals surface area contributed by atoms with E-state index in [1.807, 2.05) is 23.1 Å². The number of rotatable bonds is 3. The van der Waals surface area contributed by atoms with Gasteiger partial charge in [0.05, 0.1) is 11.1 Å². The Labute approximate surface area is 322 Å². The fourth-order valence-corrected chi connectivity index (χ4v) is 12.4. The number of para-hydroxylation sites is 3. The van der Waals surface area contributed by atoms with Crippen molar-refractivity contribution >= 4 is 78.3 Å². The lowest BCUT2D eigenvalue weighted by atomic mass is 9.67. The van der Waals surface area contributed by atoms with Gasteiger partial charge in [-0.15, -0.1) is 11.3 Å². The molecular formula is C50H33NOS2. The van der Waals surface area contributed by atoms with Crippen molar-refractivity contribution in [2.45, 2.75) is 35.0 Å². The second kappa shape index (κ2) is 11.3. The molecule has 0 saturated carbocycles. The van der Waals surface area contributed by atoms with Gasteiger partial charge in [-0.25, -0.2) is 0 Å². The van der Waals surface area contributed by atoms with E-state index in [0.717, 1.165) is 51.8 Å². The normalized spacial score (nSPS) is 14.6. The van der Waals surface area contributed by atoms with Gasteiger partial charge in [-0.3, -0.25) is 0 Å². The maximum absolute atomic E-state index is 6.70. The van der Waals surface area contributed by atoms with Crippen molar-refractivity contribution in [1.82, 2.24) is 0 Å². The number of aryl methyl sites for hydroxylation is 2. The molecule has 0 atom stereocenters. The lowest BCUT2D eigenvalue weighted by Crippen LogP contribution is -2.32. The molecular weight excluding hydrogens is 695 g/mol. The molecule has 2 nitrogen and oxygen atoms in total. The number of thiophene rings is 1. The smallest absolute Gasteiger partial charge is 0.159 e. The van der Waals surface area contributed by atoms with Gasteiger partial charge in [-0.1, -0.05) is 139 Å². The van der Waals surface area contributed by atoms with E-state index in [1.165, 1.54) is 69.3 Å². The molecule has 0 amide bonds. The monoisotopic (exact) mass is 727 g/mol. The number of allylic oxidation sites excluding steroid dienone is 1. The number of hydrogen-bond donors (Lipinski definition) is 0. The molecule has 7 aromatic carbocycles. The minimum atomic E-state index is -0.442. The Bertz CT molecular complexity index is 3020. The SMILES string of the molecule is Cc1ccccc1N(c1ccc2c(c1)Sc1c(ccc3c4c(sc13)CCC=C4)C21c2ccccc2-c2ccccc21)c1cccc2c1oc1ccccc12. The minimum absolute atomic E-state index is 0.442. The summed E-state index contributed by atoms with van der Waals surface area (Å²) in [4.78, 5) is 6.59. The van der Waals surface area contributed by atoms with Gasteiger partial charge in [0, 0.05) is 46.9 Å². The molecule has 2 aromatic heterocycles. The van der Waals surface area contributed by atoms with Crippen LogP contribution in [0.1, 0.15) is 44.7 Å². The third-order valence-corrected chi connectivity index (χ3v) is 14.5. The molecule has 4 heteroatoms. The summed E-state index contributed by atoms with van der Waals surface area (Å²) in [5.74, 6) is 0. The van der Waals surface area contributed by atoms with Crippen LogP contribution in [-0.4, -0.2) is 0 Å². The molecule has 54 heavy (non-hydrogen) atoms. The molecule has 0 radical (unpaired) electrons. The first-order valence-corrected chi connectivity index (χ1v) is 20.4. The van der Waals surface area contributed by atoms with Gasteiger partial charge in [-0.05, 0) is 94.6 Å². The van der Waals surface area contributed by atoms with Crippen LogP contribution in [0.4, 0.5) is 17.1 Å². The highest BCUT2D eigenvalue weighted by Gasteiger charge is 2.50. The van der Waals surface area contributed by atoms with E-state index < -0.39 is 5.41 Å². The fourth-order valence-electron chi connectivity index (χ4n) is 9.63. The molecule has 2 aliphatic carbocycles. The van der Waals surface area contributed by atoms with Crippen LogP contribution >= 0.6 is 23.1 Å². The van der Waals surface area contributed by atoms with Gasteiger partial charge in [0.15, 0.2) is 5.58 Å². The van der Waals surface area contributed by atoms with Gasteiger partial charge < -0.3 is 9.32 Å². The first-order chi connectivity index (χ1) is 26.7. The van der Waals surface area contributed by atoms with Crippen LogP contribution in [0.15, 0.2) is 166 Å². The van der Waals surface area contributed by atoms with Gasteiger partial charge in [0.2, 0.25) is 0 Å². The maximum atomic E-state index is 6.70. The lowest BCUT2D eigenvalue weighted by Gasteiger charge is -2.40. The largest absolute Gasteiger partial charge is 0.454 e. The zero-order valence-corrected chi connectivity index (χ0v) is 31.2. The molecule has 0 N–H and O–H groups in total. The molecule has 0 saturated heterocycles. The van der Waals surface area contributed by atoms with Crippen molar-refractivity contribution in [2.24, 2.45) is 0 Å². The quantitative estimate of drug-likeness (QED) is 0.180. The highest BCUT2D eigenvalue weighted by Crippen LogP contribution is 2.64. The van der Waals surface area contributed by atoms with Crippen LogP contribution in [0.2, 0.25) is 0 Å². The molecule has 0 unspecified atom stereocenters. The summed E-state index contributed by atoms with van der Waals surface area (Å²) in [5, 5.41) is 3.64. The van der Waals surface area contributed by atoms with Crippen LogP contribution in [0.3, 0.4) is 0 Å². The molecule has 0 bridgehead atoms. The summed E-state index contributed by atoms with van der Waals surface area (Å²) in [7, 11) is 0. The molecule has 3 heterocycles. The molecule has 3 aliphatic rings. The molecule has 256 valence electrons. The van der Waals surface area contributed by atoms with Crippen molar-refractivity contribution in [1.29, 1.82) is 0 Å². The number of benzene rings is 7. The summed E-state index contributed by atoms with van der Waals surface area (Å²) in [6.45, 7) is 2.20. The van der Waals surface area contributed by atoms with Crippen molar-refractivity contribution < 1.29 is 4.42 Å². The summed E-state index contributed by atoms with van der Waals surface area (Å²) in [6, 6.07) is 53.9. The van der Waals surface area contributed by atoms with E-state index in [0.29, 0.717) is 0 Å². The fraction of sp³-hybridized carbons (Fsp3) is 0.0800. The Morgan fingerprint density at radius 2 is 1.35 bits per heavy atom. The average Bonchev–Trinajstić information content (AvgIpc) is 3.89. The van der Waals surface area contributed by atoms with Crippen LogP contribution < -0.4 is 4.90 Å². The predicted molar refractivity (Wildman–Crippen MR) is 227 cm³/mol. The average molecular weight is 728 g/mol. The van der Waals surface area contributed by atoms with Crippen molar-refractivity contribution in [3.05, 3.63) is 190 Å². The number of hydrogen-bond acceptors (Lipinski definition) is 4. The van der Waals surface area contributed by atoms with E-state index in [2.05, 4.69) is 170 Å². The van der Waals surface area contributed by atoms with Crippen LogP contribution in [0, 0.1) is 6.92 Å². The predicted octanol–water partition coefficient (Wildman–Crippen LogP) is 14.4. The van der Waals surface area contributed by atoms with Gasteiger partial charge in [0.1, 0.15) is 5.58 Å². The van der Waals surface area contributed by atoms with Gasteiger partial charge in [0.25, 0.3) is 0 Å². The summed E-state index contributed by atoms with van der Waals surface area (Å²) < 4.78 is 8.11. The third kappa shape index (κ3) is 4.02. The third-order valence-electron chi connectivity index (χ3n) is 11.9. The van der Waals surface area contributed by atoms with Crippen LogP contribution in [-0.2, 0) is 11.8 Å². The Morgan fingerprint density at radius 3 is 2.20 bits per heavy atom. The van der Waals surface area contributed by atoms with Crippen molar-refractivity contribution in [2.75, 3.05) is 4.90 Å². The molecule has 0 fully saturated rings. The van der Waals surface area contributed by atoms with Gasteiger partial charge >= 0.3 is 0 Å². The van der Waals surface area contributed by atoms with Crippen molar-refractivity contribution in [3.63, 3.8) is 0 Å². The topological polar surface area (TPSA) is 16.4 Å². The number of fused-ring (bicyclic) bond motifs is 16. The Kier molecular flexibility index (Phi) is 6.44. The molecule has 1 spiro atoms. The first kappa shape index (κ1) is 30.6. The Hall–Kier alpha value is -5.81. The summed E-state index contributed by atoms with van der Waals surface area (Å²) >= 11 is 3.96. The summed E-state index contributed by atoms with van der Waals surface area (Å²) in [5.41, 5.74) is 15.4. The number of anilines is 3. The van der Waals surface area contributed by atoms with E-state index in [1.54, 1.807) is 0 Å². The van der Waals surface area contributed by atoms with Crippen LogP contribution in [0.25, 0.3) is 49.2 Å². The second-order valence-electron chi connectivity index (χ2n) is 14.7. The highest BCUT2D eigenvalue weighted by molar-refractivity contribution is 8.00. The highest BCUT2D eigenvalue weighted by atomic mass is 32.2.